The molecule has 0 aliphatic heterocycles. The van der Waals surface area contributed by atoms with Crippen molar-refractivity contribution >= 4 is 6.03 Å². The Balaban J connectivity index is 1.91. The number of para-hydroxylation sites is 1. The maximum absolute atomic E-state index is 14.6. The zero-order valence-electron chi connectivity index (χ0n) is 18.9. The lowest BCUT2D eigenvalue weighted by atomic mass is 9.77. The zero-order valence-corrected chi connectivity index (χ0v) is 18.9. The van der Waals surface area contributed by atoms with Crippen molar-refractivity contribution in [3.63, 3.8) is 0 Å². The summed E-state index contributed by atoms with van der Waals surface area (Å²) in [6.07, 6.45) is -1.29. The van der Waals surface area contributed by atoms with Gasteiger partial charge in [0.15, 0.2) is 0 Å². The summed E-state index contributed by atoms with van der Waals surface area (Å²) in [5.41, 5.74) is -2.17. The minimum atomic E-state index is -4.81. The quantitative estimate of drug-likeness (QED) is 0.359. The summed E-state index contributed by atoms with van der Waals surface area (Å²) in [6, 6.07) is 16.5. The van der Waals surface area contributed by atoms with Crippen LogP contribution in [0, 0.1) is 5.82 Å². The number of phenols is 1. The smallest absolute Gasteiger partial charge is 0.416 e. The van der Waals surface area contributed by atoms with Gasteiger partial charge in [0.05, 0.1) is 11.1 Å². The van der Waals surface area contributed by atoms with Gasteiger partial charge in [-0.25, -0.2) is 9.18 Å². The van der Waals surface area contributed by atoms with Crippen molar-refractivity contribution in [3.8, 4) is 5.75 Å². The number of halogens is 4. The molecule has 4 nitrogen and oxygen atoms in total. The van der Waals surface area contributed by atoms with Gasteiger partial charge in [0.1, 0.15) is 11.6 Å². The Kier molecular flexibility index (Phi) is 7.00. The Labute approximate surface area is 201 Å². The average molecular weight is 487 g/mol. The number of phenolic OH excluding ortho intramolecular Hbond substituents is 1. The highest BCUT2D eigenvalue weighted by atomic mass is 19.4. The minimum absolute atomic E-state index is 0.0236. The van der Waals surface area contributed by atoms with Gasteiger partial charge in [0.25, 0.3) is 0 Å². The number of amides is 2. The summed E-state index contributed by atoms with van der Waals surface area (Å²) >= 11 is 0. The van der Waals surface area contributed by atoms with Crippen LogP contribution in [0.5, 0.6) is 5.75 Å². The van der Waals surface area contributed by atoms with Crippen LogP contribution >= 0.6 is 0 Å². The van der Waals surface area contributed by atoms with E-state index < -0.39 is 29.1 Å². The van der Waals surface area contributed by atoms with Crippen molar-refractivity contribution in [2.75, 3.05) is 0 Å². The predicted molar refractivity (Wildman–Crippen MR) is 124 cm³/mol. The maximum Gasteiger partial charge on any atom is 0.416 e. The van der Waals surface area contributed by atoms with Crippen molar-refractivity contribution in [1.82, 2.24) is 10.6 Å². The molecule has 4 rings (SSSR count). The Bertz CT molecular complexity index is 1180. The van der Waals surface area contributed by atoms with Crippen LogP contribution in [0.1, 0.15) is 47.9 Å². The summed E-state index contributed by atoms with van der Waals surface area (Å²) in [4.78, 5) is 13.2. The fraction of sp³-hybridized carbons (Fsp3) is 0.296. The largest absolute Gasteiger partial charge is 0.508 e. The molecule has 1 unspecified atom stereocenters. The molecular weight excluding hydrogens is 460 g/mol. The van der Waals surface area contributed by atoms with Gasteiger partial charge < -0.3 is 15.7 Å². The van der Waals surface area contributed by atoms with E-state index in [2.05, 4.69) is 10.6 Å². The highest BCUT2D eigenvalue weighted by Gasteiger charge is 2.41. The van der Waals surface area contributed by atoms with Crippen LogP contribution in [0.25, 0.3) is 0 Å². The lowest BCUT2D eigenvalue weighted by Gasteiger charge is -2.37. The molecule has 1 aliphatic rings. The van der Waals surface area contributed by atoms with Gasteiger partial charge in [-0.15, -0.1) is 0 Å². The SMILES string of the molecule is O=C(NC1CCCC1)NC(Cc1ccccc1)(c1cc(F)cc(C(F)(F)F)c1)c1ccccc1O. The number of alkyl halides is 3. The van der Waals surface area contributed by atoms with E-state index in [4.69, 9.17) is 0 Å². The van der Waals surface area contributed by atoms with Crippen LogP contribution in [-0.4, -0.2) is 17.2 Å². The molecule has 0 heterocycles. The van der Waals surface area contributed by atoms with Crippen molar-refractivity contribution in [2.45, 2.75) is 49.9 Å². The van der Waals surface area contributed by atoms with Gasteiger partial charge in [-0.05, 0) is 48.2 Å². The van der Waals surface area contributed by atoms with E-state index in [1.165, 1.54) is 12.1 Å². The number of carbonyl (C=O) groups excluding carboxylic acids is 1. The molecule has 35 heavy (non-hydrogen) atoms. The van der Waals surface area contributed by atoms with E-state index in [0.717, 1.165) is 37.8 Å². The minimum Gasteiger partial charge on any atom is -0.508 e. The number of nitrogens with one attached hydrogen (secondary N) is 2. The zero-order chi connectivity index (χ0) is 25.1. The van der Waals surface area contributed by atoms with Crippen molar-refractivity contribution in [3.05, 3.63) is 101 Å². The standard InChI is InChI=1S/C27H26F4N2O2/c28-21-15-19(14-20(16-21)27(29,30)31)26(17-18-8-2-1-3-9-18,23-12-6-7-13-24(23)34)33-25(35)32-22-10-4-5-11-22/h1-3,6-9,12-16,22,34H,4-5,10-11,17H2,(H2,32,33,35). The first-order valence-electron chi connectivity index (χ1n) is 11.5. The third-order valence-electron chi connectivity index (χ3n) is 6.41. The molecule has 1 saturated carbocycles. The molecule has 1 atom stereocenters. The highest BCUT2D eigenvalue weighted by molar-refractivity contribution is 5.77. The monoisotopic (exact) mass is 486 g/mol. The third-order valence-corrected chi connectivity index (χ3v) is 6.41. The van der Waals surface area contributed by atoms with Crippen molar-refractivity contribution in [2.24, 2.45) is 0 Å². The van der Waals surface area contributed by atoms with E-state index in [1.54, 1.807) is 42.5 Å². The van der Waals surface area contributed by atoms with Gasteiger partial charge in [-0.1, -0.05) is 61.4 Å². The van der Waals surface area contributed by atoms with Gasteiger partial charge in [0, 0.05) is 18.0 Å². The second-order valence-corrected chi connectivity index (χ2v) is 8.89. The second kappa shape index (κ2) is 9.98. The Morgan fingerprint density at radius 3 is 2.20 bits per heavy atom. The molecule has 1 aliphatic carbocycles. The van der Waals surface area contributed by atoms with Crippen molar-refractivity contribution < 1.29 is 27.5 Å². The van der Waals surface area contributed by atoms with Gasteiger partial charge in [-0.2, -0.15) is 13.2 Å². The number of urea groups is 1. The number of benzene rings is 3. The van der Waals surface area contributed by atoms with Crippen LogP contribution in [0.3, 0.4) is 0 Å². The number of carbonyl (C=O) groups is 1. The van der Waals surface area contributed by atoms with E-state index >= 15 is 0 Å². The van der Waals surface area contributed by atoms with Gasteiger partial charge in [-0.3, -0.25) is 0 Å². The normalized spacial score (nSPS) is 16.0. The molecule has 0 aromatic heterocycles. The molecule has 0 saturated heterocycles. The van der Waals surface area contributed by atoms with Crippen LogP contribution in [0.4, 0.5) is 22.4 Å². The summed E-state index contributed by atoms with van der Waals surface area (Å²) in [6.45, 7) is 0. The van der Waals surface area contributed by atoms with Gasteiger partial charge >= 0.3 is 12.2 Å². The molecule has 3 N–H and O–H groups in total. The van der Waals surface area contributed by atoms with Gasteiger partial charge in [0.2, 0.25) is 0 Å². The third kappa shape index (κ3) is 5.58. The summed E-state index contributed by atoms with van der Waals surface area (Å²) < 4.78 is 55.6. The second-order valence-electron chi connectivity index (χ2n) is 8.89. The number of hydrogen-bond acceptors (Lipinski definition) is 2. The average Bonchev–Trinajstić information content (AvgIpc) is 3.31. The molecule has 3 aromatic rings. The number of aromatic hydroxyl groups is 1. The molecule has 3 aromatic carbocycles. The lowest BCUT2D eigenvalue weighted by molar-refractivity contribution is -0.137. The van der Waals surface area contributed by atoms with Crippen LogP contribution < -0.4 is 10.6 Å². The molecule has 2 amide bonds. The summed E-state index contributed by atoms with van der Waals surface area (Å²) in [7, 11) is 0. The van der Waals surface area contributed by atoms with Crippen LogP contribution in [0.2, 0.25) is 0 Å². The Morgan fingerprint density at radius 2 is 1.54 bits per heavy atom. The highest BCUT2D eigenvalue weighted by Crippen LogP contribution is 2.41. The Hall–Kier alpha value is -3.55. The fourth-order valence-corrected chi connectivity index (χ4v) is 4.76. The first kappa shape index (κ1) is 24.6. The summed E-state index contributed by atoms with van der Waals surface area (Å²) in [5.74, 6) is -1.33. The number of hydrogen-bond donors (Lipinski definition) is 3. The molecule has 184 valence electrons. The van der Waals surface area contributed by atoms with Crippen molar-refractivity contribution in [1.29, 1.82) is 0 Å². The molecule has 0 radical (unpaired) electrons. The predicted octanol–water partition coefficient (Wildman–Crippen LogP) is 6.28. The molecule has 8 heteroatoms. The first-order chi connectivity index (χ1) is 16.7. The Morgan fingerprint density at radius 1 is 0.914 bits per heavy atom. The van der Waals surface area contributed by atoms with E-state index in [1.807, 2.05) is 0 Å². The molecule has 0 spiro atoms. The van der Waals surface area contributed by atoms with E-state index in [-0.39, 0.29) is 29.3 Å². The first-order valence-corrected chi connectivity index (χ1v) is 11.5. The summed E-state index contributed by atoms with van der Waals surface area (Å²) in [5, 5.41) is 16.5. The topological polar surface area (TPSA) is 61.4 Å². The maximum atomic E-state index is 14.6. The molecule has 0 bridgehead atoms. The van der Waals surface area contributed by atoms with Crippen LogP contribution in [0.15, 0.2) is 72.8 Å². The van der Waals surface area contributed by atoms with Crippen LogP contribution in [-0.2, 0) is 18.1 Å². The number of rotatable bonds is 6. The van der Waals surface area contributed by atoms with E-state index in [9.17, 15) is 27.5 Å². The molecule has 1 fully saturated rings. The van der Waals surface area contributed by atoms with E-state index in [0.29, 0.717) is 11.6 Å². The fourth-order valence-electron chi connectivity index (χ4n) is 4.76. The lowest BCUT2D eigenvalue weighted by Crippen LogP contribution is -2.53. The molecular formula is C27H26F4N2O2.